The zero-order valence-electron chi connectivity index (χ0n) is 16.3. The number of morpholine rings is 1. The third kappa shape index (κ3) is 4.79. The molecule has 1 aliphatic rings. The molecule has 0 amide bonds. The van der Waals surface area contributed by atoms with Gasteiger partial charge in [0.15, 0.2) is 5.82 Å². The monoisotopic (exact) mass is 396 g/mol. The van der Waals surface area contributed by atoms with Crippen molar-refractivity contribution in [3.05, 3.63) is 36.3 Å². The number of hydrogen-bond acceptors (Lipinski definition) is 9. The minimum absolute atomic E-state index is 0.283. The predicted molar refractivity (Wildman–Crippen MR) is 112 cm³/mol. The molecular weight excluding hydrogens is 372 g/mol. The van der Waals surface area contributed by atoms with Crippen molar-refractivity contribution in [2.24, 2.45) is 5.10 Å². The number of para-hydroxylation sites is 1. The third-order valence-corrected chi connectivity index (χ3v) is 4.45. The summed E-state index contributed by atoms with van der Waals surface area (Å²) in [6.45, 7) is 3.91. The lowest BCUT2D eigenvalue weighted by molar-refractivity contribution is 0.122. The maximum absolute atomic E-state index is 5.66. The molecule has 3 aromatic rings. The summed E-state index contributed by atoms with van der Waals surface area (Å²) in [6.07, 6.45) is 3.44. The third-order valence-electron chi connectivity index (χ3n) is 4.45. The number of likely N-dealkylation sites (N-methyl/N-ethyl adjacent to an activating group) is 1. The molecule has 1 saturated heterocycles. The molecule has 1 aromatic carbocycles. The van der Waals surface area contributed by atoms with Gasteiger partial charge in [0.1, 0.15) is 6.61 Å². The highest BCUT2D eigenvalue weighted by Crippen LogP contribution is 2.22. The maximum atomic E-state index is 5.66. The van der Waals surface area contributed by atoms with Crippen molar-refractivity contribution >= 4 is 28.8 Å². The fraction of sp³-hybridized carbons (Fsp3) is 0.368. The fourth-order valence-corrected chi connectivity index (χ4v) is 2.96. The predicted octanol–water partition coefficient (Wildman–Crippen LogP) is 1.23. The molecule has 0 aliphatic carbocycles. The molecule has 0 atom stereocenters. The molecule has 2 aromatic heterocycles. The van der Waals surface area contributed by atoms with E-state index in [2.05, 4.69) is 40.7 Å². The van der Waals surface area contributed by atoms with E-state index in [0.717, 1.165) is 29.7 Å². The number of hydrogen-bond donors (Lipinski definition) is 3. The zero-order valence-corrected chi connectivity index (χ0v) is 16.3. The number of hydrazone groups is 1. The molecule has 3 heterocycles. The van der Waals surface area contributed by atoms with E-state index >= 15 is 0 Å². The Morgan fingerprint density at radius 2 is 2.10 bits per heavy atom. The second-order valence-electron chi connectivity index (χ2n) is 6.45. The van der Waals surface area contributed by atoms with Crippen LogP contribution in [0.25, 0.3) is 10.9 Å². The highest BCUT2D eigenvalue weighted by Gasteiger charge is 2.16. The molecule has 152 valence electrons. The minimum atomic E-state index is 0.283. The van der Waals surface area contributed by atoms with E-state index < -0.39 is 0 Å². The van der Waals surface area contributed by atoms with Crippen LogP contribution in [0, 0.1) is 0 Å². The molecule has 10 nitrogen and oxygen atoms in total. The number of nitrogens with one attached hydrogen (secondary N) is 3. The first-order valence-corrected chi connectivity index (χ1v) is 9.55. The largest absolute Gasteiger partial charge is 0.462 e. The Morgan fingerprint density at radius 3 is 2.97 bits per heavy atom. The molecule has 0 spiro atoms. The molecule has 0 radical (unpaired) electrons. The summed E-state index contributed by atoms with van der Waals surface area (Å²) in [4.78, 5) is 18.6. The summed E-state index contributed by atoms with van der Waals surface area (Å²) in [6, 6.07) is 8.29. The van der Waals surface area contributed by atoms with E-state index in [9.17, 15) is 0 Å². The Bertz CT molecular complexity index is 968. The van der Waals surface area contributed by atoms with E-state index in [0.29, 0.717) is 38.1 Å². The van der Waals surface area contributed by atoms with Crippen LogP contribution >= 0.6 is 0 Å². The number of H-pyrrole nitrogens is 1. The molecule has 0 bridgehead atoms. The van der Waals surface area contributed by atoms with Crippen LogP contribution in [0.2, 0.25) is 0 Å². The van der Waals surface area contributed by atoms with E-state index in [1.165, 1.54) is 0 Å². The van der Waals surface area contributed by atoms with Crippen LogP contribution in [0.3, 0.4) is 0 Å². The van der Waals surface area contributed by atoms with Gasteiger partial charge in [0.2, 0.25) is 5.95 Å². The second kappa shape index (κ2) is 9.30. The van der Waals surface area contributed by atoms with Gasteiger partial charge in [-0.05, 0) is 13.1 Å². The first-order valence-electron chi connectivity index (χ1n) is 9.55. The number of nitrogens with zero attached hydrogens (tertiary/aromatic N) is 5. The van der Waals surface area contributed by atoms with Gasteiger partial charge in [-0.15, -0.1) is 0 Å². The van der Waals surface area contributed by atoms with Gasteiger partial charge >= 0.3 is 6.01 Å². The average molecular weight is 396 g/mol. The van der Waals surface area contributed by atoms with Crippen molar-refractivity contribution in [2.45, 2.75) is 0 Å². The summed E-state index contributed by atoms with van der Waals surface area (Å²) in [5, 5.41) is 8.39. The van der Waals surface area contributed by atoms with Gasteiger partial charge in [-0.25, -0.2) is 0 Å². The lowest BCUT2D eigenvalue weighted by atomic mass is 10.2. The van der Waals surface area contributed by atoms with Gasteiger partial charge in [0.25, 0.3) is 0 Å². The van der Waals surface area contributed by atoms with Crippen LogP contribution in [0.5, 0.6) is 6.01 Å². The minimum Gasteiger partial charge on any atom is -0.462 e. The molecule has 0 saturated carbocycles. The lowest BCUT2D eigenvalue weighted by Crippen LogP contribution is -2.37. The molecule has 0 unspecified atom stereocenters. The number of anilines is 2. The molecule has 1 aliphatic heterocycles. The smallest absolute Gasteiger partial charge is 0.321 e. The lowest BCUT2D eigenvalue weighted by Gasteiger charge is -2.26. The van der Waals surface area contributed by atoms with Crippen molar-refractivity contribution in [3.63, 3.8) is 0 Å². The van der Waals surface area contributed by atoms with Gasteiger partial charge in [0.05, 0.1) is 25.1 Å². The van der Waals surface area contributed by atoms with E-state index in [1.54, 1.807) is 6.21 Å². The van der Waals surface area contributed by atoms with Crippen LogP contribution in [0.15, 0.2) is 35.6 Å². The van der Waals surface area contributed by atoms with Crippen molar-refractivity contribution in [1.29, 1.82) is 0 Å². The molecule has 29 heavy (non-hydrogen) atoms. The van der Waals surface area contributed by atoms with Gasteiger partial charge < -0.3 is 24.7 Å². The fourth-order valence-electron chi connectivity index (χ4n) is 2.96. The Kier molecular flexibility index (Phi) is 6.13. The van der Waals surface area contributed by atoms with E-state index in [-0.39, 0.29) is 6.01 Å². The van der Waals surface area contributed by atoms with Gasteiger partial charge in [-0.1, -0.05) is 18.2 Å². The summed E-state index contributed by atoms with van der Waals surface area (Å²) in [7, 11) is 1.87. The van der Waals surface area contributed by atoms with Gasteiger partial charge in [0, 0.05) is 36.7 Å². The number of aromatic nitrogens is 4. The quantitative estimate of drug-likeness (QED) is 0.296. The number of benzene rings is 1. The molecule has 10 heteroatoms. The SMILES string of the molecule is CNCCOc1nc(C=NNc2c[nH]c3ccccc23)nc(N2CCOCC2)n1. The summed E-state index contributed by atoms with van der Waals surface area (Å²) < 4.78 is 11.1. The highest BCUT2D eigenvalue weighted by molar-refractivity contribution is 5.92. The molecule has 1 fully saturated rings. The number of rotatable bonds is 8. The zero-order chi connectivity index (χ0) is 19.9. The topological polar surface area (TPSA) is 113 Å². The number of aromatic amines is 1. The number of ether oxygens (including phenoxy) is 2. The molecule has 3 N–H and O–H groups in total. The van der Waals surface area contributed by atoms with Crippen LogP contribution in [-0.4, -0.2) is 72.7 Å². The second-order valence-corrected chi connectivity index (χ2v) is 6.45. The number of fused-ring (bicyclic) bond motifs is 1. The Hall–Kier alpha value is -3.24. The molecule has 4 rings (SSSR count). The first-order chi connectivity index (χ1) is 14.3. The van der Waals surface area contributed by atoms with Crippen molar-refractivity contribution in [1.82, 2.24) is 25.3 Å². The van der Waals surface area contributed by atoms with Crippen molar-refractivity contribution in [2.75, 3.05) is 56.8 Å². The van der Waals surface area contributed by atoms with Crippen LogP contribution in [-0.2, 0) is 4.74 Å². The molecular formula is C19H24N8O2. The Morgan fingerprint density at radius 1 is 1.24 bits per heavy atom. The summed E-state index contributed by atoms with van der Waals surface area (Å²) >= 11 is 0. The van der Waals surface area contributed by atoms with Gasteiger partial charge in [-0.3, -0.25) is 5.43 Å². The Balaban J connectivity index is 1.52. The first kappa shape index (κ1) is 19.1. The Labute approximate surface area is 168 Å². The van der Waals surface area contributed by atoms with Crippen molar-refractivity contribution in [3.8, 4) is 6.01 Å². The summed E-state index contributed by atoms with van der Waals surface area (Å²) in [5.41, 5.74) is 4.96. The van der Waals surface area contributed by atoms with Gasteiger partial charge in [-0.2, -0.15) is 20.1 Å². The van der Waals surface area contributed by atoms with E-state index in [1.807, 2.05) is 37.5 Å². The van der Waals surface area contributed by atoms with Crippen LogP contribution in [0.1, 0.15) is 5.82 Å². The average Bonchev–Trinajstić information content (AvgIpc) is 3.18. The summed E-state index contributed by atoms with van der Waals surface area (Å²) in [5.74, 6) is 0.990. The van der Waals surface area contributed by atoms with E-state index in [4.69, 9.17) is 9.47 Å². The standard InChI is InChI=1S/C19H24N8O2/c1-20-6-9-29-19-24-17(23-18(25-19)27-7-10-28-11-8-27)13-22-26-16-12-21-15-5-3-2-4-14(15)16/h2-5,12-13,20-21,26H,6-11H2,1H3. The van der Waals surface area contributed by atoms with Crippen LogP contribution < -0.4 is 20.4 Å². The highest BCUT2D eigenvalue weighted by atomic mass is 16.5. The van der Waals surface area contributed by atoms with Crippen molar-refractivity contribution < 1.29 is 9.47 Å². The van der Waals surface area contributed by atoms with Crippen LogP contribution in [0.4, 0.5) is 11.6 Å². The normalized spacial score (nSPS) is 14.6. The maximum Gasteiger partial charge on any atom is 0.321 e.